The Hall–Kier alpha value is -1.82. The van der Waals surface area contributed by atoms with Gasteiger partial charge in [-0.1, -0.05) is 40.9 Å². The number of nitrogens with zero attached hydrogens (tertiary/aromatic N) is 1. The van der Waals surface area contributed by atoms with Crippen LogP contribution in [0.2, 0.25) is 15.1 Å². The summed E-state index contributed by atoms with van der Waals surface area (Å²) >= 11 is 17.6. The van der Waals surface area contributed by atoms with Crippen molar-refractivity contribution >= 4 is 46.6 Å². The third kappa shape index (κ3) is 5.39. The van der Waals surface area contributed by atoms with Gasteiger partial charge in [-0.15, -0.1) is 0 Å². The molecule has 1 aromatic heterocycles. The van der Waals surface area contributed by atoms with Gasteiger partial charge < -0.3 is 10.6 Å². The highest BCUT2D eigenvalue weighted by molar-refractivity contribution is 6.35. The van der Waals surface area contributed by atoms with E-state index in [1.54, 1.807) is 24.3 Å². The van der Waals surface area contributed by atoms with Crippen LogP contribution in [-0.4, -0.2) is 23.3 Å². The van der Waals surface area contributed by atoms with Crippen molar-refractivity contribution in [2.24, 2.45) is 0 Å². The first-order valence-electron chi connectivity index (χ1n) is 6.56. The maximum atomic E-state index is 11.8. The molecule has 0 aliphatic heterocycles. The molecule has 1 heterocycles. The number of hydrogen-bond acceptors (Lipinski definition) is 3. The minimum Gasteiger partial charge on any atom is -0.350 e. The maximum absolute atomic E-state index is 11.8. The van der Waals surface area contributed by atoms with Gasteiger partial charge in [0.25, 0.3) is 5.91 Å². The Morgan fingerprint density at radius 3 is 2.43 bits per heavy atom. The minimum atomic E-state index is -0.479. The van der Waals surface area contributed by atoms with Crippen LogP contribution in [0.3, 0.4) is 0 Å². The van der Waals surface area contributed by atoms with Crippen LogP contribution in [-0.2, 0) is 11.3 Å². The van der Waals surface area contributed by atoms with Crippen LogP contribution in [0.1, 0.15) is 16.1 Å². The minimum absolute atomic E-state index is 0.144. The highest BCUT2D eigenvalue weighted by atomic mass is 35.5. The summed E-state index contributed by atoms with van der Waals surface area (Å²) in [6, 6.07) is 7.97. The zero-order valence-electron chi connectivity index (χ0n) is 11.8. The van der Waals surface area contributed by atoms with Crippen molar-refractivity contribution in [1.82, 2.24) is 15.6 Å². The molecule has 0 fully saturated rings. The Kier molecular flexibility index (Phi) is 6.21. The highest BCUT2D eigenvalue weighted by Crippen LogP contribution is 2.20. The predicted molar refractivity (Wildman–Crippen MR) is 89.9 cm³/mol. The summed E-state index contributed by atoms with van der Waals surface area (Å²) in [4.78, 5) is 27.4. The van der Waals surface area contributed by atoms with Crippen molar-refractivity contribution in [2.45, 2.75) is 6.54 Å². The number of rotatable bonds is 5. The van der Waals surface area contributed by atoms with Crippen LogP contribution in [0.15, 0.2) is 36.5 Å². The van der Waals surface area contributed by atoms with E-state index in [4.69, 9.17) is 34.8 Å². The molecule has 2 aromatic rings. The van der Waals surface area contributed by atoms with E-state index in [9.17, 15) is 9.59 Å². The van der Waals surface area contributed by atoms with Crippen molar-refractivity contribution < 1.29 is 9.59 Å². The van der Waals surface area contributed by atoms with Crippen LogP contribution in [0, 0.1) is 0 Å². The molecule has 8 heteroatoms. The Morgan fingerprint density at radius 2 is 1.74 bits per heavy atom. The highest BCUT2D eigenvalue weighted by Gasteiger charge is 2.10. The van der Waals surface area contributed by atoms with Crippen molar-refractivity contribution in [3.8, 4) is 0 Å². The molecule has 23 heavy (non-hydrogen) atoms. The zero-order chi connectivity index (χ0) is 16.8. The zero-order valence-corrected chi connectivity index (χ0v) is 14.0. The number of halogens is 3. The topological polar surface area (TPSA) is 71.1 Å². The summed E-state index contributed by atoms with van der Waals surface area (Å²) in [5.74, 6) is -0.835. The Morgan fingerprint density at radius 1 is 1.00 bits per heavy atom. The number of nitrogens with one attached hydrogen (secondary N) is 2. The SMILES string of the molecule is O=C(CNC(=O)c1cc(Cl)ccn1)NCc1ccc(Cl)cc1Cl. The van der Waals surface area contributed by atoms with Crippen LogP contribution < -0.4 is 10.6 Å². The maximum Gasteiger partial charge on any atom is 0.270 e. The average molecular weight is 373 g/mol. The number of carbonyl (C=O) groups is 2. The lowest BCUT2D eigenvalue weighted by Gasteiger charge is -2.08. The molecule has 1 aromatic carbocycles. The summed E-state index contributed by atoms with van der Waals surface area (Å²) in [6.45, 7) is 0.0539. The molecule has 120 valence electrons. The van der Waals surface area contributed by atoms with Gasteiger partial charge >= 0.3 is 0 Å². The van der Waals surface area contributed by atoms with Gasteiger partial charge in [-0.05, 0) is 29.8 Å². The summed E-state index contributed by atoms with van der Waals surface area (Å²) < 4.78 is 0. The van der Waals surface area contributed by atoms with E-state index in [1.165, 1.54) is 12.3 Å². The molecule has 0 spiro atoms. The van der Waals surface area contributed by atoms with Gasteiger partial charge in [0.2, 0.25) is 5.91 Å². The molecule has 0 aliphatic rings. The molecule has 2 rings (SSSR count). The monoisotopic (exact) mass is 371 g/mol. The molecular weight excluding hydrogens is 361 g/mol. The number of hydrogen-bond donors (Lipinski definition) is 2. The fourth-order valence-corrected chi connectivity index (χ4v) is 2.34. The van der Waals surface area contributed by atoms with E-state index >= 15 is 0 Å². The number of amides is 2. The summed E-state index contributed by atoms with van der Waals surface area (Å²) in [6.07, 6.45) is 1.42. The standard InChI is InChI=1S/C15H12Cl3N3O2/c16-10-2-1-9(12(18)5-10)7-20-14(22)8-21-15(23)13-6-11(17)3-4-19-13/h1-6H,7-8H2,(H,20,22)(H,21,23). The van der Waals surface area contributed by atoms with Gasteiger partial charge in [0.1, 0.15) is 5.69 Å². The Bertz CT molecular complexity index is 738. The van der Waals surface area contributed by atoms with E-state index in [-0.39, 0.29) is 24.7 Å². The molecule has 0 atom stereocenters. The summed E-state index contributed by atoms with van der Waals surface area (Å²) in [5.41, 5.74) is 0.873. The van der Waals surface area contributed by atoms with Crippen molar-refractivity contribution in [3.05, 3.63) is 62.9 Å². The molecule has 0 radical (unpaired) electrons. The fraction of sp³-hybridized carbons (Fsp3) is 0.133. The molecule has 0 aliphatic carbocycles. The molecule has 0 unspecified atom stereocenters. The molecule has 0 bridgehead atoms. The van der Waals surface area contributed by atoms with Gasteiger partial charge in [-0.2, -0.15) is 0 Å². The smallest absolute Gasteiger partial charge is 0.270 e. The van der Waals surface area contributed by atoms with Gasteiger partial charge in [-0.25, -0.2) is 0 Å². The lowest BCUT2D eigenvalue weighted by Crippen LogP contribution is -2.36. The molecule has 0 saturated carbocycles. The van der Waals surface area contributed by atoms with Gasteiger partial charge in [0.15, 0.2) is 0 Å². The van der Waals surface area contributed by atoms with E-state index in [1.807, 2.05) is 0 Å². The van der Waals surface area contributed by atoms with E-state index in [0.29, 0.717) is 15.1 Å². The first-order chi connectivity index (χ1) is 11.0. The number of aromatic nitrogens is 1. The molecule has 2 N–H and O–H groups in total. The lowest BCUT2D eigenvalue weighted by atomic mass is 10.2. The largest absolute Gasteiger partial charge is 0.350 e. The average Bonchev–Trinajstić information content (AvgIpc) is 2.51. The summed E-state index contributed by atoms with van der Waals surface area (Å²) in [7, 11) is 0. The molecular formula is C15H12Cl3N3O2. The summed E-state index contributed by atoms with van der Waals surface area (Å²) in [5, 5.41) is 6.49. The van der Waals surface area contributed by atoms with Crippen LogP contribution in [0.5, 0.6) is 0 Å². The van der Waals surface area contributed by atoms with Gasteiger partial charge in [0, 0.05) is 27.8 Å². The van der Waals surface area contributed by atoms with Crippen LogP contribution >= 0.6 is 34.8 Å². The Labute approximate surface area is 148 Å². The number of carbonyl (C=O) groups excluding carboxylic acids is 2. The second-order valence-corrected chi connectivity index (χ2v) is 5.83. The lowest BCUT2D eigenvalue weighted by molar-refractivity contribution is -0.120. The number of benzene rings is 1. The second kappa shape index (κ2) is 8.15. The van der Waals surface area contributed by atoms with Crippen molar-refractivity contribution in [1.29, 1.82) is 0 Å². The second-order valence-electron chi connectivity index (χ2n) is 4.55. The Balaban J connectivity index is 1.82. The quantitative estimate of drug-likeness (QED) is 0.847. The van der Waals surface area contributed by atoms with Gasteiger partial charge in [0.05, 0.1) is 6.54 Å². The van der Waals surface area contributed by atoms with E-state index < -0.39 is 5.91 Å². The third-order valence-electron chi connectivity index (χ3n) is 2.86. The first-order valence-corrected chi connectivity index (χ1v) is 7.69. The molecule has 5 nitrogen and oxygen atoms in total. The van der Waals surface area contributed by atoms with Gasteiger partial charge in [-0.3, -0.25) is 14.6 Å². The van der Waals surface area contributed by atoms with Crippen molar-refractivity contribution in [3.63, 3.8) is 0 Å². The van der Waals surface area contributed by atoms with Crippen LogP contribution in [0.25, 0.3) is 0 Å². The fourth-order valence-electron chi connectivity index (χ4n) is 1.70. The van der Waals surface area contributed by atoms with E-state index in [2.05, 4.69) is 15.6 Å². The molecule has 0 saturated heterocycles. The number of pyridine rings is 1. The van der Waals surface area contributed by atoms with E-state index in [0.717, 1.165) is 5.56 Å². The normalized spacial score (nSPS) is 10.2. The van der Waals surface area contributed by atoms with Crippen LogP contribution in [0.4, 0.5) is 0 Å². The predicted octanol–water partition coefficient (Wildman–Crippen LogP) is 3.09. The molecule has 2 amide bonds. The van der Waals surface area contributed by atoms with Crippen molar-refractivity contribution in [2.75, 3.05) is 6.54 Å². The first kappa shape index (κ1) is 17.5. The third-order valence-corrected chi connectivity index (χ3v) is 3.68.